The maximum Gasteiger partial charge on any atom is 0.237 e. The number of piperazine rings is 1. The number of hydrogen-bond donors (Lipinski definition) is 2. The summed E-state index contributed by atoms with van der Waals surface area (Å²) in [6.45, 7) is 3.93. The first-order valence-corrected chi connectivity index (χ1v) is 11.4. The Morgan fingerprint density at radius 2 is 2.16 bits per heavy atom. The molecule has 1 fully saturated rings. The van der Waals surface area contributed by atoms with Gasteiger partial charge in [0.1, 0.15) is 12.1 Å². The monoisotopic (exact) mass is 451 g/mol. The highest BCUT2D eigenvalue weighted by Crippen LogP contribution is 2.41. The molecule has 0 bridgehead atoms. The number of thiophene rings is 1. The van der Waals surface area contributed by atoms with E-state index >= 15 is 0 Å². The SMILES string of the molecule is Cc1c(C(Cc2ccc3c(N)ncnc3c2)N2CCNCC2=O)sc2cccc(Cl)c12. The van der Waals surface area contributed by atoms with Gasteiger partial charge in [-0.3, -0.25) is 4.79 Å². The zero-order chi connectivity index (χ0) is 21.5. The largest absolute Gasteiger partial charge is 0.383 e. The predicted molar refractivity (Wildman–Crippen MR) is 127 cm³/mol. The summed E-state index contributed by atoms with van der Waals surface area (Å²) < 4.78 is 1.15. The minimum Gasteiger partial charge on any atom is -0.383 e. The number of aryl methyl sites for hydroxylation is 1. The van der Waals surface area contributed by atoms with Crippen LogP contribution in [-0.2, 0) is 11.2 Å². The van der Waals surface area contributed by atoms with Gasteiger partial charge in [-0.15, -0.1) is 11.3 Å². The smallest absolute Gasteiger partial charge is 0.237 e. The van der Waals surface area contributed by atoms with Crippen molar-refractivity contribution >= 4 is 55.7 Å². The van der Waals surface area contributed by atoms with E-state index in [0.29, 0.717) is 25.3 Å². The fraction of sp³-hybridized carbons (Fsp3) is 0.261. The number of rotatable bonds is 4. The second kappa shape index (κ2) is 8.07. The maximum absolute atomic E-state index is 12.9. The number of halogens is 1. The molecular formula is C23H22ClN5OS. The summed E-state index contributed by atoms with van der Waals surface area (Å²) in [6, 6.07) is 12.0. The van der Waals surface area contributed by atoms with E-state index in [1.165, 1.54) is 11.2 Å². The lowest BCUT2D eigenvalue weighted by Gasteiger charge is -2.35. The Bertz CT molecular complexity index is 1300. The zero-order valence-corrected chi connectivity index (χ0v) is 18.6. The number of carbonyl (C=O) groups excluding carboxylic acids is 1. The van der Waals surface area contributed by atoms with Gasteiger partial charge in [0.2, 0.25) is 5.91 Å². The summed E-state index contributed by atoms with van der Waals surface area (Å²) in [5.41, 5.74) is 9.05. The number of nitrogens with one attached hydrogen (secondary N) is 1. The molecule has 1 amide bonds. The molecule has 0 aliphatic carbocycles. The molecule has 0 saturated carbocycles. The number of hydrogen-bond acceptors (Lipinski definition) is 6. The summed E-state index contributed by atoms with van der Waals surface area (Å²) >= 11 is 8.25. The van der Waals surface area contributed by atoms with Crippen molar-refractivity contribution < 1.29 is 4.79 Å². The molecule has 1 atom stereocenters. The minimum absolute atomic E-state index is 0.0697. The van der Waals surface area contributed by atoms with Gasteiger partial charge in [0.05, 0.1) is 18.1 Å². The van der Waals surface area contributed by atoms with Gasteiger partial charge in [0.25, 0.3) is 0 Å². The molecule has 4 aromatic rings. The lowest BCUT2D eigenvalue weighted by atomic mass is 9.98. The first-order valence-electron chi connectivity index (χ1n) is 10.2. The van der Waals surface area contributed by atoms with Crippen LogP contribution < -0.4 is 11.1 Å². The Morgan fingerprint density at radius 3 is 2.97 bits per heavy atom. The van der Waals surface area contributed by atoms with Crippen molar-refractivity contribution in [3.8, 4) is 0 Å². The van der Waals surface area contributed by atoms with Crippen molar-refractivity contribution in [1.29, 1.82) is 0 Å². The molecule has 31 heavy (non-hydrogen) atoms. The Kier molecular flexibility index (Phi) is 5.25. The van der Waals surface area contributed by atoms with E-state index in [9.17, 15) is 4.79 Å². The number of nitrogens with zero attached hydrogens (tertiary/aromatic N) is 3. The average Bonchev–Trinajstić information content (AvgIpc) is 3.10. The van der Waals surface area contributed by atoms with E-state index in [1.54, 1.807) is 11.3 Å². The molecule has 0 spiro atoms. The van der Waals surface area contributed by atoms with Gasteiger partial charge < -0.3 is 16.0 Å². The van der Waals surface area contributed by atoms with Crippen LogP contribution in [-0.4, -0.2) is 40.4 Å². The third-order valence-electron chi connectivity index (χ3n) is 5.91. The molecule has 0 radical (unpaired) electrons. The van der Waals surface area contributed by atoms with Crippen molar-refractivity contribution in [2.45, 2.75) is 19.4 Å². The van der Waals surface area contributed by atoms with E-state index in [2.05, 4.69) is 34.3 Å². The molecular weight excluding hydrogens is 430 g/mol. The second-order valence-corrected chi connectivity index (χ2v) is 9.29. The number of nitrogen functional groups attached to an aromatic ring is 1. The van der Waals surface area contributed by atoms with Crippen molar-refractivity contribution in [3.63, 3.8) is 0 Å². The second-order valence-electron chi connectivity index (χ2n) is 7.80. The lowest BCUT2D eigenvalue weighted by Crippen LogP contribution is -2.49. The summed E-state index contributed by atoms with van der Waals surface area (Å²) in [5, 5.41) is 5.84. The highest BCUT2D eigenvalue weighted by atomic mass is 35.5. The normalized spacial score (nSPS) is 15.7. The van der Waals surface area contributed by atoms with Crippen LogP contribution in [0.3, 0.4) is 0 Å². The molecule has 1 aliphatic heterocycles. The van der Waals surface area contributed by atoms with E-state index in [1.807, 2.05) is 29.2 Å². The summed E-state index contributed by atoms with van der Waals surface area (Å²) in [7, 11) is 0. The number of carbonyl (C=O) groups is 1. The van der Waals surface area contributed by atoms with Gasteiger partial charge in [-0.25, -0.2) is 9.97 Å². The molecule has 1 unspecified atom stereocenters. The van der Waals surface area contributed by atoms with Crippen LogP contribution in [0.5, 0.6) is 0 Å². The predicted octanol–water partition coefficient (Wildman–Crippen LogP) is 4.10. The Labute approximate surface area is 189 Å². The lowest BCUT2D eigenvalue weighted by molar-refractivity contribution is -0.134. The van der Waals surface area contributed by atoms with Gasteiger partial charge in [0, 0.05) is 38.5 Å². The van der Waals surface area contributed by atoms with E-state index < -0.39 is 0 Å². The van der Waals surface area contributed by atoms with E-state index in [4.69, 9.17) is 17.3 Å². The molecule has 5 rings (SSSR count). The summed E-state index contributed by atoms with van der Waals surface area (Å²) in [5.74, 6) is 0.590. The third kappa shape index (κ3) is 3.63. The summed E-state index contributed by atoms with van der Waals surface area (Å²) in [6.07, 6.45) is 2.17. The quantitative estimate of drug-likeness (QED) is 0.488. The van der Waals surface area contributed by atoms with Crippen LogP contribution in [0.2, 0.25) is 5.02 Å². The summed E-state index contributed by atoms with van der Waals surface area (Å²) in [4.78, 5) is 24.5. The van der Waals surface area contributed by atoms with Crippen molar-refractivity contribution in [3.05, 3.63) is 63.8 Å². The molecule has 158 valence electrons. The van der Waals surface area contributed by atoms with Gasteiger partial charge in [-0.1, -0.05) is 23.7 Å². The highest BCUT2D eigenvalue weighted by Gasteiger charge is 2.30. The van der Waals surface area contributed by atoms with Gasteiger partial charge in [0.15, 0.2) is 0 Å². The first kappa shape index (κ1) is 20.2. The molecule has 8 heteroatoms. The number of fused-ring (bicyclic) bond motifs is 2. The average molecular weight is 452 g/mol. The molecule has 3 heterocycles. The van der Waals surface area contributed by atoms with Gasteiger partial charge in [-0.2, -0.15) is 0 Å². The number of nitrogens with two attached hydrogens (primary N) is 1. The van der Waals surface area contributed by atoms with Gasteiger partial charge >= 0.3 is 0 Å². The van der Waals surface area contributed by atoms with Crippen LogP contribution >= 0.6 is 22.9 Å². The number of amides is 1. The van der Waals surface area contributed by atoms with Crippen molar-refractivity contribution in [2.24, 2.45) is 0 Å². The van der Waals surface area contributed by atoms with Crippen LogP contribution in [0.4, 0.5) is 5.82 Å². The zero-order valence-electron chi connectivity index (χ0n) is 17.1. The number of benzene rings is 2. The Hall–Kier alpha value is -2.74. The third-order valence-corrected chi connectivity index (χ3v) is 7.58. The highest BCUT2D eigenvalue weighted by molar-refractivity contribution is 7.19. The molecule has 6 nitrogen and oxygen atoms in total. The topological polar surface area (TPSA) is 84.1 Å². The fourth-order valence-corrected chi connectivity index (χ4v) is 6.08. The van der Waals surface area contributed by atoms with Crippen molar-refractivity contribution in [1.82, 2.24) is 20.2 Å². The molecule has 1 aliphatic rings. The van der Waals surface area contributed by atoms with Crippen molar-refractivity contribution in [2.75, 3.05) is 25.4 Å². The standard InChI is InChI=1S/C23H22ClN5OS/c1-13-21-16(24)3-2-4-19(21)31-22(13)18(29-8-7-26-11-20(29)30)10-14-5-6-15-17(9-14)27-12-28-23(15)25/h2-6,9,12,18,26H,7-8,10-11H2,1H3,(H2,25,27,28). The van der Waals surface area contributed by atoms with Gasteiger partial charge in [-0.05, 0) is 48.7 Å². The Balaban J connectivity index is 1.61. The number of aromatic nitrogens is 2. The minimum atomic E-state index is -0.0697. The van der Waals surface area contributed by atoms with Crippen LogP contribution in [0, 0.1) is 6.92 Å². The fourth-order valence-electron chi connectivity index (χ4n) is 4.36. The maximum atomic E-state index is 12.9. The molecule has 3 N–H and O–H groups in total. The molecule has 2 aromatic carbocycles. The molecule has 1 saturated heterocycles. The number of anilines is 1. The first-order chi connectivity index (χ1) is 15.0. The van der Waals surface area contributed by atoms with E-state index in [0.717, 1.165) is 43.7 Å². The van der Waals surface area contributed by atoms with E-state index in [-0.39, 0.29) is 11.9 Å². The van der Waals surface area contributed by atoms with Crippen LogP contribution in [0.25, 0.3) is 21.0 Å². The van der Waals surface area contributed by atoms with Crippen LogP contribution in [0.1, 0.15) is 22.0 Å². The molecule has 2 aromatic heterocycles. The van der Waals surface area contributed by atoms with Crippen LogP contribution in [0.15, 0.2) is 42.7 Å². The Morgan fingerprint density at radius 1 is 1.29 bits per heavy atom.